The zero-order valence-corrected chi connectivity index (χ0v) is 7.87. The lowest BCUT2D eigenvalue weighted by atomic mass is 10.0. The lowest BCUT2D eigenvalue weighted by molar-refractivity contribution is -0.121. The molecule has 4 heteroatoms. The quantitative estimate of drug-likeness (QED) is 0.663. The molecule has 0 aromatic rings. The molecule has 0 saturated carbocycles. The number of nitrogens with one attached hydrogen (secondary N) is 1. The first-order valence-corrected chi connectivity index (χ1v) is 4.32. The zero-order valence-electron chi connectivity index (χ0n) is 8.87. The van der Waals surface area contributed by atoms with Crippen LogP contribution in [0.4, 0.5) is 0 Å². The maximum absolute atomic E-state index is 11.4. The Bertz CT molecular complexity index is 296. The lowest BCUT2D eigenvalue weighted by Gasteiger charge is -2.15. The average molecular weight is 182 g/mol. The molecule has 0 spiro atoms. The van der Waals surface area contributed by atoms with E-state index in [2.05, 4.69) is 10.3 Å². The summed E-state index contributed by atoms with van der Waals surface area (Å²) in [5.74, 6) is 0.426. The number of rotatable bonds is 3. The van der Waals surface area contributed by atoms with Crippen LogP contribution < -0.4 is 11.1 Å². The predicted molar refractivity (Wildman–Crippen MR) is 52.1 cm³/mol. The monoisotopic (exact) mass is 182 g/mol. The molecule has 72 valence electrons. The molecule has 1 aliphatic heterocycles. The SMILES string of the molecule is [2H]C1=CN=C1NC(=O)[C@@H](N)CC(C)C. The van der Waals surface area contributed by atoms with E-state index < -0.39 is 6.04 Å². The summed E-state index contributed by atoms with van der Waals surface area (Å²) >= 11 is 0. The third-order valence-electron chi connectivity index (χ3n) is 1.70. The number of amides is 1. The summed E-state index contributed by atoms with van der Waals surface area (Å²) in [6.45, 7) is 4.01. The Kier molecular flexibility index (Phi) is 2.72. The molecule has 1 aliphatic rings. The van der Waals surface area contributed by atoms with Crippen molar-refractivity contribution in [2.24, 2.45) is 16.6 Å². The average Bonchev–Trinajstić information content (AvgIpc) is 2.10. The van der Waals surface area contributed by atoms with Crippen molar-refractivity contribution >= 4 is 11.7 Å². The molecule has 1 heterocycles. The number of carbonyl (C=O) groups is 1. The first-order valence-electron chi connectivity index (χ1n) is 4.82. The molecule has 0 radical (unpaired) electrons. The zero-order chi connectivity index (χ0) is 10.7. The highest BCUT2D eigenvalue weighted by Gasteiger charge is 2.16. The standard InChI is InChI=1S/C9H15N3O/c1-6(2)5-7(10)9(13)12-8-3-4-11-8/h3-4,6-7H,5,10H2,1-2H3,(H,11,12,13)/t7-/m0/s1/i3D. The van der Waals surface area contributed by atoms with Crippen molar-refractivity contribution in [2.45, 2.75) is 26.3 Å². The van der Waals surface area contributed by atoms with Gasteiger partial charge in [0.05, 0.1) is 7.41 Å². The number of nitrogens with two attached hydrogens (primary N) is 1. The van der Waals surface area contributed by atoms with Crippen molar-refractivity contribution in [2.75, 3.05) is 0 Å². The maximum atomic E-state index is 11.4. The van der Waals surface area contributed by atoms with Crippen LogP contribution in [0.15, 0.2) is 17.2 Å². The molecule has 0 aromatic heterocycles. The van der Waals surface area contributed by atoms with Crippen LogP contribution in [0.5, 0.6) is 0 Å². The van der Waals surface area contributed by atoms with Crippen molar-refractivity contribution < 1.29 is 6.17 Å². The van der Waals surface area contributed by atoms with Crippen LogP contribution in [0.2, 0.25) is 0 Å². The van der Waals surface area contributed by atoms with Crippen molar-refractivity contribution in [3.05, 3.63) is 12.3 Å². The van der Waals surface area contributed by atoms with E-state index >= 15 is 0 Å². The van der Waals surface area contributed by atoms with Crippen LogP contribution in [-0.2, 0) is 4.79 Å². The topological polar surface area (TPSA) is 67.5 Å². The van der Waals surface area contributed by atoms with Gasteiger partial charge in [-0.1, -0.05) is 13.8 Å². The Hall–Kier alpha value is -1.16. The van der Waals surface area contributed by atoms with Gasteiger partial charge in [0.25, 0.3) is 0 Å². The van der Waals surface area contributed by atoms with Crippen molar-refractivity contribution in [3.8, 4) is 0 Å². The van der Waals surface area contributed by atoms with Crippen LogP contribution in [0.3, 0.4) is 0 Å². The normalized spacial score (nSPS) is 18.3. The molecule has 0 saturated heterocycles. The molecule has 0 aliphatic carbocycles. The minimum absolute atomic E-state index is 0.245. The van der Waals surface area contributed by atoms with E-state index in [9.17, 15) is 4.79 Å². The van der Waals surface area contributed by atoms with E-state index in [1.54, 1.807) is 0 Å². The minimum atomic E-state index is -0.522. The molecule has 13 heavy (non-hydrogen) atoms. The van der Waals surface area contributed by atoms with Gasteiger partial charge < -0.3 is 11.1 Å². The molecule has 3 N–H and O–H groups in total. The van der Waals surface area contributed by atoms with Crippen LogP contribution in [0.1, 0.15) is 21.6 Å². The van der Waals surface area contributed by atoms with Crippen molar-refractivity contribution in [3.63, 3.8) is 0 Å². The maximum Gasteiger partial charge on any atom is 0.242 e. The fourth-order valence-electron chi connectivity index (χ4n) is 1.02. The third kappa shape index (κ3) is 2.99. The highest BCUT2D eigenvalue weighted by molar-refractivity contribution is 6.08. The lowest BCUT2D eigenvalue weighted by Crippen LogP contribution is -2.44. The molecule has 0 aromatic carbocycles. The highest BCUT2D eigenvalue weighted by Crippen LogP contribution is 2.03. The van der Waals surface area contributed by atoms with E-state index in [0.717, 1.165) is 0 Å². The van der Waals surface area contributed by atoms with Gasteiger partial charge in [0, 0.05) is 6.20 Å². The second kappa shape index (κ2) is 4.18. The summed E-state index contributed by atoms with van der Waals surface area (Å²) in [6.07, 6.45) is 2.01. The summed E-state index contributed by atoms with van der Waals surface area (Å²) in [5.41, 5.74) is 5.64. The van der Waals surface area contributed by atoms with Gasteiger partial charge in [0.2, 0.25) is 5.91 Å². The minimum Gasteiger partial charge on any atom is -0.320 e. The summed E-state index contributed by atoms with van der Waals surface area (Å²) in [4.78, 5) is 15.1. The van der Waals surface area contributed by atoms with E-state index in [4.69, 9.17) is 7.10 Å². The number of aliphatic imine (C=N–C) groups is 1. The fourth-order valence-corrected chi connectivity index (χ4v) is 1.02. The van der Waals surface area contributed by atoms with Crippen molar-refractivity contribution in [1.82, 2.24) is 5.32 Å². The predicted octanol–water partition coefficient (Wildman–Crippen LogP) is 0.402. The van der Waals surface area contributed by atoms with E-state index in [-0.39, 0.29) is 12.0 Å². The van der Waals surface area contributed by atoms with Gasteiger partial charge in [-0.25, -0.2) is 4.99 Å². The Morgan fingerprint density at radius 2 is 2.54 bits per heavy atom. The van der Waals surface area contributed by atoms with Crippen LogP contribution in [0, 0.1) is 5.92 Å². The van der Waals surface area contributed by atoms with Gasteiger partial charge in [-0.05, 0) is 18.4 Å². The Balaban J connectivity index is 2.35. The van der Waals surface area contributed by atoms with Gasteiger partial charge in [-0.15, -0.1) is 0 Å². The first-order chi connectivity index (χ1) is 6.50. The van der Waals surface area contributed by atoms with Gasteiger partial charge in [0.1, 0.15) is 5.84 Å². The molecular formula is C9H15N3O. The Morgan fingerprint density at radius 1 is 1.85 bits per heavy atom. The van der Waals surface area contributed by atoms with Crippen molar-refractivity contribution in [1.29, 1.82) is 0 Å². The van der Waals surface area contributed by atoms with Gasteiger partial charge in [0.15, 0.2) is 0 Å². The van der Waals surface area contributed by atoms with Gasteiger partial charge >= 0.3 is 0 Å². The number of nitrogens with zero attached hydrogens (tertiary/aromatic N) is 1. The van der Waals surface area contributed by atoms with E-state index in [1.807, 2.05) is 13.8 Å². The Morgan fingerprint density at radius 3 is 2.92 bits per heavy atom. The molecular weight excluding hydrogens is 166 g/mol. The van der Waals surface area contributed by atoms with Gasteiger partial charge in [-0.3, -0.25) is 4.79 Å². The second-order valence-corrected chi connectivity index (χ2v) is 3.48. The largest absolute Gasteiger partial charge is 0.320 e. The van der Waals surface area contributed by atoms with Crippen LogP contribution in [-0.4, -0.2) is 17.8 Å². The summed E-state index contributed by atoms with van der Waals surface area (Å²) < 4.78 is 7.22. The molecule has 0 fully saturated rings. The second-order valence-electron chi connectivity index (χ2n) is 3.48. The molecule has 1 rings (SSSR count). The smallest absolute Gasteiger partial charge is 0.242 e. The number of amidine groups is 1. The van der Waals surface area contributed by atoms with E-state index in [0.29, 0.717) is 18.2 Å². The third-order valence-corrected chi connectivity index (χ3v) is 1.70. The fraction of sp³-hybridized carbons (Fsp3) is 0.556. The van der Waals surface area contributed by atoms with E-state index in [1.165, 1.54) is 6.20 Å². The number of carbonyl (C=O) groups excluding carboxylic acids is 1. The molecule has 1 amide bonds. The van der Waals surface area contributed by atoms with Gasteiger partial charge in [-0.2, -0.15) is 0 Å². The number of hydrogen-bond donors (Lipinski definition) is 2. The van der Waals surface area contributed by atoms with Crippen LogP contribution >= 0.6 is 0 Å². The summed E-state index contributed by atoms with van der Waals surface area (Å²) in [5, 5.41) is 2.50. The molecule has 1 atom stereocenters. The summed E-state index contributed by atoms with van der Waals surface area (Å²) in [6, 6.07) is -0.277. The number of hydrogen-bond acceptors (Lipinski definition) is 3. The van der Waals surface area contributed by atoms with Crippen LogP contribution in [0.25, 0.3) is 0 Å². The molecule has 0 bridgehead atoms. The Labute approximate surface area is 79.3 Å². The molecule has 4 nitrogen and oxygen atoms in total. The first kappa shape index (κ1) is 8.44. The molecule has 0 unspecified atom stereocenters. The highest BCUT2D eigenvalue weighted by atomic mass is 16.2. The summed E-state index contributed by atoms with van der Waals surface area (Å²) in [7, 11) is 0.